The Bertz CT molecular complexity index is 387. The quantitative estimate of drug-likeness (QED) is 0.651. The first-order valence-corrected chi connectivity index (χ1v) is 7.06. The summed E-state index contributed by atoms with van der Waals surface area (Å²) in [6.45, 7) is 6.86. The molecular formula is C13H25N5O2. The first kappa shape index (κ1) is 16.4. The zero-order chi connectivity index (χ0) is 14.8. The maximum Gasteiger partial charge on any atom is 0.324 e. The summed E-state index contributed by atoms with van der Waals surface area (Å²) in [5.41, 5.74) is 0. The van der Waals surface area contributed by atoms with Crippen molar-refractivity contribution in [2.24, 2.45) is 0 Å². The van der Waals surface area contributed by atoms with Gasteiger partial charge in [0.1, 0.15) is 0 Å². The Kier molecular flexibility index (Phi) is 7.64. The van der Waals surface area contributed by atoms with Crippen LogP contribution >= 0.6 is 0 Å². The largest absolute Gasteiger partial charge is 0.463 e. The summed E-state index contributed by atoms with van der Waals surface area (Å²) >= 11 is 0. The highest BCUT2D eigenvalue weighted by Crippen LogP contribution is 2.13. The van der Waals surface area contributed by atoms with Crippen LogP contribution in [0.25, 0.3) is 0 Å². The van der Waals surface area contributed by atoms with Crippen molar-refractivity contribution in [3.63, 3.8) is 0 Å². The molecule has 0 radical (unpaired) electrons. The minimum atomic E-state index is 0.306. The average Bonchev–Trinajstić information content (AvgIpc) is 2.41. The van der Waals surface area contributed by atoms with Crippen molar-refractivity contribution in [2.45, 2.75) is 26.7 Å². The second kappa shape index (κ2) is 9.30. The molecular weight excluding hydrogens is 258 g/mol. The molecule has 1 aromatic heterocycles. The lowest BCUT2D eigenvalue weighted by atomic mass is 10.4. The average molecular weight is 283 g/mol. The molecule has 1 aromatic rings. The first-order chi connectivity index (χ1) is 9.65. The minimum absolute atomic E-state index is 0.306. The molecule has 0 atom stereocenters. The van der Waals surface area contributed by atoms with Gasteiger partial charge in [-0.15, -0.1) is 4.98 Å². The molecule has 20 heavy (non-hydrogen) atoms. The normalized spacial score (nSPS) is 10.7. The summed E-state index contributed by atoms with van der Waals surface area (Å²) in [7, 11) is 4.06. The van der Waals surface area contributed by atoms with Crippen molar-refractivity contribution in [3.8, 4) is 12.0 Å². The van der Waals surface area contributed by atoms with Crippen molar-refractivity contribution in [2.75, 3.05) is 45.7 Å². The second-order valence-corrected chi connectivity index (χ2v) is 4.61. The molecule has 0 spiro atoms. The smallest absolute Gasteiger partial charge is 0.324 e. The summed E-state index contributed by atoms with van der Waals surface area (Å²) in [6.07, 6.45) is 1.82. The van der Waals surface area contributed by atoms with Gasteiger partial charge < -0.3 is 19.7 Å². The van der Waals surface area contributed by atoms with E-state index in [1.807, 2.05) is 27.9 Å². The van der Waals surface area contributed by atoms with Gasteiger partial charge in [-0.05, 0) is 33.9 Å². The Morgan fingerprint density at radius 1 is 1.00 bits per heavy atom. The highest BCUT2D eigenvalue weighted by Gasteiger charge is 2.08. The summed E-state index contributed by atoms with van der Waals surface area (Å²) in [6, 6.07) is 0.612. The van der Waals surface area contributed by atoms with E-state index >= 15 is 0 Å². The van der Waals surface area contributed by atoms with Gasteiger partial charge in [0.25, 0.3) is 0 Å². The van der Waals surface area contributed by atoms with Gasteiger partial charge in [0.15, 0.2) is 0 Å². The maximum atomic E-state index is 5.56. The zero-order valence-electron chi connectivity index (χ0n) is 12.8. The molecule has 7 nitrogen and oxygen atoms in total. The van der Waals surface area contributed by atoms with Gasteiger partial charge in [-0.3, -0.25) is 0 Å². The number of nitrogens with zero attached hydrogens (tertiary/aromatic N) is 4. The molecule has 1 N–H and O–H groups in total. The van der Waals surface area contributed by atoms with Crippen LogP contribution in [0.1, 0.15) is 26.7 Å². The fraction of sp³-hybridized carbons (Fsp3) is 0.769. The van der Waals surface area contributed by atoms with Crippen LogP contribution in [0.3, 0.4) is 0 Å². The number of ether oxygens (including phenoxy) is 2. The van der Waals surface area contributed by atoms with Gasteiger partial charge in [0, 0.05) is 13.1 Å². The number of rotatable bonds is 10. The van der Waals surface area contributed by atoms with Crippen molar-refractivity contribution in [1.82, 2.24) is 19.9 Å². The van der Waals surface area contributed by atoms with Crippen LogP contribution in [0, 0.1) is 0 Å². The molecule has 0 aliphatic carbocycles. The lowest BCUT2D eigenvalue weighted by Crippen LogP contribution is -2.16. The fourth-order valence-corrected chi connectivity index (χ4v) is 1.44. The molecule has 7 heteroatoms. The van der Waals surface area contributed by atoms with Gasteiger partial charge in [-0.2, -0.15) is 9.97 Å². The number of anilines is 1. The van der Waals surface area contributed by atoms with Crippen LogP contribution in [0.5, 0.6) is 12.0 Å². The Morgan fingerprint density at radius 3 is 2.20 bits per heavy atom. The van der Waals surface area contributed by atoms with E-state index in [1.165, 1.54) is 0 Å². The summed E-state index contributed by atoms with van der Waals surface area (Å²) in [5, 5.41) is 3.04. The molecule has 0 saturated carbocycles. The van der Waals surface area contributed by atoms with Crippen molar-refractivity contribution < 1.29 is 9.47 Å². The van der Waals surface area contributed by atoms with Gasteiger partial charge >= 0.3 is 12.0 Å². The molecule has 114 valence electrons. The van der Waals surface area contributed by atoms with E-state index in [-0.39, 0.29) is 0 Å². The van der Waals surface area contributed by atoms with Crippen LogP contribution in [0.15, 0.2) is 0 Å². The lowest BCUT2D eigenvalue weighted by Gasteiger charge is -2.11. The molecule has 1 rings (SSSR count). The molecule has 0 aliphatic heterocycles. The molecule has 0 amide bonds. The topological polar surface area (TPSA) is 72.4 Å². The molecule has 0 unspecified atom stereocenters. The first-order valence-electron chi connectivity index (χ1n) is 7.06. The Hall–Kier alpha value is -1.63. The molecule has 0 bridgehead atoms. The summed E-state index contributed by atoms with van der Waals surface area (Å²) in [4.78, 5) is 14.6. The van der Waals surface area contributed by atoms with E-state index in [0.29, 0.717) is 31.2 Å². The summed E-state index contributed by atoms with van der Waals surface area (Å²) < 4.78 is 11.0. The third-order valence-electron chi connectivity index (χ3n) is 2.35. The Balaban J connectivity index is 2.60. The van der Waals surface area contributed by atoms with Crippen molar-refractivity contribution >= 4 is 5.95 Å². The highest BCUT2D eigenvalue weighted by atomic mass is 16.5. The summed E-state index contributed by atoms with van der Waals surface area (Å²) in [5.74, 6) is 0.483. The number of aromatic nitrogens is 3. The molecule has 0 aromatic carbocycles. The molecule has 0 saturated heterocycles. The van der Waals surface area contributed by atoms with Crippen LogP contribution in [0.2, 0.25) is 0 Å². The van der Waals surface area contributed by atoms with E-state index in [9.17, 15) is 0 Å². The fourth-order valence-electron chi connectivity index (χ4n) is 1.44. The van der Waals surface area contributed by atoms with Crippen LogP contribution in [-0.4, -0.2) is 60.3 Å². The number of hydrogen-bond acceptors (Lipinski definition) is 7. The third kappa shape index (κ3) is 6.51. The van der Waals surface area contributed by atoms with Crippen molar-refractivity contribution in [3.05, 3.63) is 0 Å². The number of hydrogen-bond donors (Lipinski definition) is 1. The number of nitrogens with one attached hydrogen (secondary N) is 1. The molecule has 0 aliphatic rings. The van der Waals surface area contributed by atoms with Gasteiger partial charge in [-0.1, -0.05) is 6.92 Å². The minimum Gasteiger partial charge on any atom is -0.463 e. The van der Waals surface area contributed by atoms with Gasteiger partial charge in [0.05, 0.1) is 13.2 Å². The Morgan fingerprint density at radius 2 is 1.65 bits per heavy atom. The molecule has 1 heterocycles. The SMILES string of the molecule is CCCOc1nc(NCC)nc(OCCCN(C)C)n1. The van der Waals surface area contributed by atoms with E-state index < -0.39 is 0 Å². The predicted octanol–water partition coefficient (Wildman–Crippen LogP) is 1.42. The van der Waals surface area contributed by atoms with Crippen molar-refractivity contribution in [1.29, 1.82) is 0 Å². The van der Waals surface area contributed by atoms with Crippen LogP contribution in [0.4, 0.5) is 5.95 Å². The monoisotopic (exact) mass is 283 g/mol. The van der Waals surface area contributed by atoms with E-state index in [2.05, 4.69) is 25.2 Å². The second-order valence-electron chi connectivity index (χ2n) is 4.61. The van der Waals surface area contributed by atoms with Crippen LogP contribution in [-0.2, 0) is 0 Å². The van der Waals surface area contributed by atoms with Crippen LogP contribution < -0.4 is 14.8 Å². The van der Waals surface area contributed by atoms with Gasteiger partial charge in [-0.25, -0.2) is 0 Å². The lowest BCUT2D eigenvalue weighted by molar-refractivity contribution is 0.248. The molecule has 0 fully saturated rings. The van der Waals surface area contributed by atoms with E-state index in [4.69, 9.17) is 9.47 Å². The zero-order valence-corrected chi connectivity index (χ0v) is 12.8. The third-order valence-corrected chi connectivity index (χ3v) is 2.35. The maximum absolute atomic E-state index is 5.56. The standard InChI is InChI=1S/C13H25N5O2/c1-5-9-19-12-15-11(14-6-2)16-13(17-12)20-10-7-8-18(3)4/h5-10H2,1-4H3,(H,14,15,16,17). The predicted molar refractivity (Wildman–Crippen MR) is 78.4 cm³/mol. The van der Waals surface area contributed by atoms with E-state index in [0.717, 1.165) is 25.9 Å². The highest BCUT2D eigenvalue weighted by molar-refractivity contribution is 5.27. The Labute approximate surface area is 120 Å². The van der Waals surface area contributed by atoms with E-state index in [1.54, 1.807) is 0 Å². The van der Waals surface area contributed by atoms with Gasteiger partial charge in [0.2, 0.25) is 5.95 Å².